The molecule has 0 unspecified atom stereocenters. The summed E-state index contributed by atoms with van der Waals surface area (Å²) in [5, 5.41) is 0. The molecule has 1 amide bonds. The molecule has 0 spiro atoms. The summed E-state index contributed by atoms with van der Waals surface area (Å²) < 4.78 is 25.9. The predicted octanol–water partition coefficient (Wildman–Crippen LogP) is -1.15. The van der Waals surface area contributed by atoms with Crippen LogP contribution in [0.15, 0.2) is 12.3 Å². The minimum absolute atomic E-state index is 0.204. The van der Waals surface area contributed by atoms with Crippen LogP contribution in [0.2, 0.25) is 0 Å². The Morgan fingerprint density at radius 2 is 1.88 bits per heavy atom. The molecule has 0 aliphatic heterocycles. The second-order valence-corrected chi connectivity index (χ2v) is 4.26. The van der Waals surface area contributed by atoms with Gasteiger partial charge in [0.1, 0.15) is 5.82 Å². The summed E-state index contributed by atoms with van der Waals surface area (Å²) in [6, 6.07) is 1.39. The van der Waals surface area contributed by atoms with E-state index in [4.69, 9.17) is 21.8 Å². The first-order chi connectivity index (χ1) is 7.11. The van der Waals surface area contributed by atoms with Crippen LogP contribution in [0.3, 0.4) is 0 Å². The minimum Gasteiger partial charge on any atom is -0.396 e. The lowest BCUT2D eigenvalue weighted by Gasteiger charge is -1.99. The number of nitrogen functional groups attached to an aromatic ring is 2. The molecule has 1 aromatic heterocycles. The summed E-state index contributed by atoms with van der Waals surface area (Å²) in [5.41, 5.74) is 16.1. The molecule has 0 aliphatic carbocycles. The maximum absolute atomic E-state index is 10.6. The van der Waals surface area contributed by atoms with Gasteiger partial charge in [0.2, 0.25) is 5.91 Å². The summed E-state index contributed by atoms with van der Waals surface area (Å²) in [5.74, 6) is -0.362. The van der Waals surface area contributed by atoms with E-state index in [1.54, 1.807) is 0 Å². The van der Waals surface area contributed by atoms with Crippen LogP contribution in [-0.2, 0) is 10.1 Å². The number of carbonyl (C=O) groups excluding carboxylic acids is 1. The number of pyridine rings is 1. The van der Waals surface area contributed by atoms with Gasteiger partial charge in [0.25, 0.3) is 10.1 Å². The van der Waals surface area contributed by atoms with Crippen molar-refractivity contribution in [2.45, 2.75) is 0 Å². The fraction of sp³-hybridized carbons (Fsp3) is 0.143. The molecule has 1 heterocycles. The zero-order valence-electron chi connectivity index (χ0n) is 8.41. The lowest BCUT2D eigenvalue weighted by atomic mass is 10.2. The van der Waals surface area contributed by atoms with Gasteiger partial charge in [0.15, 0.2) is 0 Å². The second-order valence-electron chi connectivity index (χ2n) is 2.80. The van der Waals surface area contributed by atoms with E-state index in [2.05, 4.69) is 4.98 Å². The topological polar surface area (TPSA) is 162 Å². The van der Waals surface area contributed by atoms with Gasteiger partial charge in [-0.05, 0) is 6.07 Å². The molecule has 7 N–H and O–H groups in total. The highest BCUT2D eigenvalue weighted by Crippen LogP contribution is 2.11. The van der Waals surface area contributed by atoms with E-state index in [0.29, 0.717) is 6.26 Å². The Balaban J connectivity index is 0.000000385. The van der Waals surface area contributed by atoms with Gasteiger partial charge >= 0.3 is 0 Å². The molecule has 16 heavy (non-hydrogen) atoms. The van der Waals surface area contributed by atoms with Gasteiger partial charge in [-0.3, -0.25) is 9.35 Å². The number of hydrogen-bond acceptors (Lipinski definition) is 6. The molecule has 0 saturated carbocycles. The van der Waals surface area contributed by atoms with Crippen LogP contribution in [-0.4, -0.2) is 30.1 Å². The third-order valence-corrected chi connectivity index (χ3v) is 1.23. The highest BCUT2D eigenvalue weighted by Gasteiger charge is 2.02. The van der Waals surface area contributed by atoms with Crippen LogP contribution in [0.4, 0.5) is 11.5 Å². The van der Waals surface area contributed by atoms with Gasteiger partial charge in [0, 0.05) is 6.20 Å². The number of hydrogen-bond donors (Lipinski definition) is 4. The first-order valence-electron chi connectivity index (χ1n) is 3.84. The Morgan fingerprint density at radius 3 is 2.19 bits per heavy atom. The lowest BCUT2D eigenvalue weighted by molar-refractivity contribution is 0.1000. The van der Waals surface area contributed by atoms with E-state index < -0.39 is 16.0 Å². The van der Waals surface area contributed by atoms with Crippen molar-refractivity contribution in [3.05, 3.63) is 17.8 Å². The quantitative estimate of drug-likeness (QED) is 0.456. The van der Waals surface area contributed by atoms with Crippen LogP contribution in [0.1, 0.15) is 10.4 Å². The Kier molecular flexibility index (Phi) is 4.66. The number of anilines is 2. The van der Waals surface area contributed by atoms with Gasteiger partial charge in [-0.1, -0.05) is 0 Å². The molecular weight excluding hydrogens is 236 g/mol. The van der Waals surface area contributed by atoms with Gasteiger partial charge < -0.3 is 17.2 Å². The van der Waals surface area contributed by atoms with E-state index >= 15 is 0 Å². The highest BCUT2D eigenvalue weighted by atomic mass is 32.2. The van der Waals surface area contributed by atoms with Crippen molar-refractivity contribution in [1.82, 2.24) is 4.98 Å². The Labute approximate surface area is 92.2 Å². The molecule has 0 aliphatic rings. The molecule has 1 aromatic rings. The Morgan fingerprint density at radius 1 is 1.44 bits per heavy atom. The number of rotatable bonds is 1. The number of carbonyl (C=O) groups is 1. The summed E-state index contributed by atoms with van der Waals surface area (Å²) in [6.45, 7) is 0. The zero-order chi connectivity index (χ0) is 12.9. The van der Waals surface area contributed by atoms with Gasteiger partial charge in [-0.2, -0.15) is 8.42 Å². The summed E-state index contributed by atoms with van der Waals surface area (Å²) >= 11 is 0. The molecule has 0 atom stereocenters. The maximum atomic E-state index is 10.6. The number of aromatic nitrogens is 1. The largest absolute Gasteiger partial charge is 0.396 e. The lowest BCUT2D eigenvalue weighted by Crippen LogP contribution is -2.12. The van der Waals surface area contributed by atoms with Gasteiger partial charge in [0.05, 0.1) is 17.5 Å². The van der Waals surface area contributed by atoms with Gasteiger partial charge in [-0.25, -0.2) is 4.98 Å². The molecule has 0 bridgehead atoms. The Hall–Kier alpha value is -1.87. The normalized spacial score (nSPS) is 10.1. The average molecular weight is 248 g/mol. The van der Waals surface area contributed by atoms with E-state index in [1.807, 2.05) is 0 Å². The van der Waals surface area contributed by atoms with Crippen molar-refractivity contribution in [1.29, 1.82) is 0 Å². The SMILES string of the molecule is CS(=O)(=O)O.NC(=O)c1cnc(N)c(N)c1. The molecule has 8 nitrogen and oxygen atoms in total. The first kappa shape index (κ1) is 14.1. The van der Waals surface area contributed by atoms with Crippen molar-refractivity contribution in [3.8, 4) is 0 Å². The summed E-state index contributed by atoms with van der Waals surface area (Å²) in [4.78, 5) is 14.2. The van der Waals surface area contributed by atoms with Gasteiger partial charge in [-0.15, -0.1) is 0 Å². The molecule has 0 fully saturated rings. The van der Waals surface area contributed by atoms with Crippen molar-refractivity contribution in [2.75, 3.05) is 17.7 Å². The molecule has 9 heteroatoms. The van der Waals surface area contributed by atoms with E-state index in [1.165, 1.54) is 12.3 Å². The van der Waals surface area contributed by atoms with Crippen molar-refractivity contribution in [2.24, 2.45) is 5.73 Å². The number of nitrogens with zero attached hydrogens (tertiary/aromatic N) is 1. The van der Waals surface area contributed by atoms with Crippen LogP contribution < -0.4 is 17.2 Å². The smallest absolute Gasteiger partial charge is 0.261 e. The molecule has 0 radical (unpaired) electrons. The number of primary amides is 1. The van der Waals surface area contributed by atoms with Crippen LogP contribution in [0.25, 0.3) is 0 Å². The third-order valence-electron chi connectivity index (χ3n) is 1.23. The number of nitrogens with two attached hydrogens (primary N) is 3. The van der Waals surface area contributed by atoms with Crippen LogP contribution in [0.5, 0.6) is 0 Å². The zero-order valence-corrected chi connectivity index (χ0v) is 9.23. The van der Waals surface area contributed by atoms with E-state index in [9.17, 15) is 13.2 Å². The van der Waals surface area contributed by atoms with Crippen LogP contribution >= 0.6 is 0 Å². The number of amides is 1. The summed E-state index contributed by atoms with van der Waals surface area (Å²) in [6.07, 6.45) is 2.00. The molecule has 90 valence electrons. The van der Waals surface area contributed by atoms with E-state index in [-0.39, 0.29) is 17.1 Å². The first-order valence-corrected chi connectivity index (χ1v) is 5.69. The average Bonchev–Trinajstić information content (AvgIpc) is 2.06. The standard InChI is InChI=1S/C6H8N4O.CH4O3S/c7-4-1-3(6(9)11)2-10-5(4)8;1-5(2,3)4/h1-2H,7H2,(H2,8,10)(H2,9,11);1H3,(H,2,3,4). The molecule has 1 rings (SSSR count). The minimum atomic E-state index is -3.67. The fourth-order valence-electron chi connectivity index (χ4n) is 0.627. The molecule has 0 saturated heterocycles. The third kappa shape index (κ3) is 6.56. The Bertz CT molecular complexity index is 477. The highest BCUT2D eigenvalue weighted by molar-refractivity contribution is 7.85. The summed E-state index contributed by atoms with van der Waals surface area (Å²) in [7, 11) is -3.67. The fourth-order valence-corrected chi connectivity index (χ4v) is 0.627. The second kappa shape index (κ2) is 5.28. The van der Waals surface area contributed by atoms with E-state index in [0.717, 1.165) is 0 Å². The monoisotopic (exact) mass is 248 g/mol. The van der Waals surface area contributed by atoms with Crippen molar-refractivity contribution < 1.29 is 17.8 Å². The molecule has 0 aromatic carbocycles. The van der Waals surface area contributed by atoms with Crippen molar-refractivity contribution >= 4 is 27.5 Å². The predicted molar refractivity (Wildman–Crippen MR) is 59.1 cm³/mol. The van der Waals surface area contributed by atoms with Crippen LogP contribution in [0, 0.1) is 0 Å². The maximum Gasteiger partial charge on any atom is 0.261 e. The van der Waals surface area contributed by atoms with Crippen molar-refractivity contribution in [3.63, 3.8) is 0 Å². The molecular formula is C7H12N4O4S.